The topological polar surface area (TPSA) is 75.7 Å². The number of anilines is 1. The van der Waals surface area contributed by atoms with Crippen molar-refractivity contribution in [1.82, 2.24) is 5.32 Å². The zero-order valence-electron chi connectivity index (χ0n) is 18.0. The van der Waals surface area contributed by atoms with Crippen molar-refractivity contribution in [2.75, 3.05) is 24.5 Å². The van der Waals surface area contributed by atoms with Crippen LogP contribution >= 0.6 is 23.2 Å². The molecule has 0 spiro atoms. The first-order chi connectivity index (χ1) is 15.8. The zero-order chi connectivity index (χ0) is 23.8. The Morgan fingerprint density at radius 1 is 0.970 bits per heavy atom. The third kappa shape index (κ3) is 6.63. The normalized spacial score (nSPS) is 11.1. The van der Waals surface area contributed by atoms with Crippen molar-refractivity contribution in [3.05, 3.63) is 88.4 Å². The molecule has 0 saturated heterocycles. The number of hydrogen-bond donors (Lipinski definition) is 1. The second-order valence-corrected chi connectivity index (χ2v) is 9.96. The molecule has 0 saturated carbocycles. The third-order valence-corrected chi connectivity index (χ3v) is 7.17. The number of nitrogens with one attached hydrogen (secondary N) is 1. The van der Waals surface area contributed by atoms with Crippen molar-refractivity contribution in [1.29, 1.82) is 0 Å². The maximum absolute atomic E-state index is 13.4. The largest absolute Gasteiger partial charge is 0.495 e. The summed E-state index contributed by atoms with van der Waals surface area (Å²) in [4.78, 5) is 12.8. The molecule has 1 amide bonds. The monoisotopic (exact) mass is 506 g/mol. The van der Waals surface area contributed by atoms with Crippen LogP contribution in [-0.2, 0) is 21.2 Å². The molecular formula is C24H24Cl2N2O4S. The van der Waals surface area contributed by atoms with Gasteiger partial charge in [-0.3, -0.25) is 9.10 Å². The van der Waals surface area contributed by atoms with Crippen LogP contribution in [0.2, 0.25) is 10.0 Å². The lowest BCUT2D eigenvalue weighted by Gasteiger charge is -2.26. The summed E-state index contributed by atoms with van der Waals surface area (Å²) in [7, 11) is -2.63. The van der Waals surface area contributed by atoms with Crippen molar-refractivity contribution < 1.29 is 17.9 Å². The third-order valence-electron chi connectivity index (χ3n) is 4.91. The number of halogens is 2. The summed E-state index contributed by atoms with van der Waals surface area (Å²) in [6.07, 6.45) is 1.45. The Morgan fingerprint density at radius 3 is 2.30 bits per heavy atom. The van der Waals surface area contributed by atoms with E-state index in [1.807, 2.05) is 24.3 Å². The first-order valence-electron chi connectivity index (χ1n) is 10.2. The molecule has 3 aromatic carbocycles. The van der Waals surface area contributed by atoms with E-state index < -0.39 is 22.5 Å². The molecule has 0 heterocycles. The minimum absolute atomic E-state index is 0.0579. The highest BCUT2D eigenvalue weighted by Gasteiger charge is 2.29. The van der Waals surface area contributed by atoms with E-state index in [1.165, 1.54) is 25.3 Å². The summed E-state index contributed by atoms with van der Waals surface area (Å²) in [5, 5.41) is 3.79. The smallest absolute Gasteiger partial charge is 0.264 e. The van der Waals surface area contributed by atoms with Crippen molar-refractivity contribution in [2.45, 2.75) is 17.7 Å². The summed E-state index contributed by atoms with van der Waals surface area (Å²) < 4.78 is 33.2. The van der Waals surface area contributed by atoms with E-state index in [9.17, 15) is 13.2 Å². The second-order valence-electron chi connectivity index (χ2n) is 7.22. The first kappa shape index (κ1) is 24.9. The number of benzene rings is 3. The van der Waals surface area contributed by atoms with Crippen LogP contribution in [0.1, 0.15) is 12.0 Å². The molecule has 0 fully saturated rings. The molecule has 9 heteroatoms. The Hall–Kier alpha value is -2.74. The molecule has 0 radical (unpaired) electrons. The van der Waals surface area contributed by atoms with Crippen LogP contribution in [0.5, 0.6) is 5.75 Å². The summed E-state index contributed by atoms with van der Waals surface area (Å²) in [5.74, 6) is -0.151. The molecule has 3 rings (SSSR count). The highest BCUT2D eigenvalue weighted by Crippen LogP contribution is 2.34. The van der Waals surface area contributed by atoms with E-state index in [0.717, 1.165) is 16.3 Å². The van der Waals surface area contributed by atoms with Crippen LogP contribution in [0, 0.1) is 0 Å². The van der Waals surface area contributed by atoms with Gasteiger partial charge in [0.2, 0.25) is 5.91 Å². The molecule has 6 nitrogen and oxygen atoms in total. The molecule has 0 aromatic heterocycles. The van der Waals surface area contributed by atoms with Gasteiger partial charge in [-0.2, -0.15) is 0 Å². The van der Waals surface area contributed by atoms with Gasteiger partial charge in [-0.25, -0.2) is 8.42 Å². The van der Waals surface area contributed by atoms with E-state index in [4.69, 9.17) is 27.9 Å². The van der Waals surface area contributed by atoms with Crippen LogP contribution in [0.15, 0.2) is 77.7 Å². The van der Waals surface area contributed by atoms with Gasteiger partial charge in [-0.1, -0.05) is 53.5 Å². The first-order valence-corrected chi connectivity index (χ1v) is 12.4. The van der Waals surface area contributed by atoms with Gasteiger partial charge in [-0.05, 0) is 60.9 Å². The van der Waals surface area contributed by atoms with Gasteiger partial charge in [0.1, 0.15) is 12.3 Å². The molecule has 0 aliphatic rings. The van der Waals surface area contributed by atoms with Gasteiger partial charge in [0.15, 0.2) is 0 Å². The van der Waals surface area contributed by atoms with Crippen LogP contribution in [0.3, 0.4) is 0 Å². The summed E-state index contributed by atoms with van der Waals surface area (Å²) in [6.45, 7) is -0.0256. The van der Waals surface area contributed by atoms with Gasteiger partial charge in [0.25, 0.3) is 10.0 Å². The van der Waals surface area contributed by atoms with E-state index in [2.05, 4.69) is 5.32 Å². The fraction of sp³-hybridized carbons (Fsp3) is 0.208. The lowest BCUT2D eigenvalue weighted by molar-refractivity contribution is -0.119. The Morgan fingerprint density at radius 2 is 1.64 bits per heavy atom. The molecule has 0 unspecified atom stereocenters. The SMILES string of the molecule is COc1ccc(Cl)cc1N(CC(=O)NCCCc1ccc(Cl)cc1)S(=O)(=O)c1ccccc1. The van der Waals surface area contributed by atoms with E-state index >= 15 is 0 Å². The maximum Gasteiger partial charge on any atom is 0.264 e. The number of carbonyl (C=O) groups excluding carboxylic acids is 1. The van der Waals surface area contributed by atoms with Gasteiger partial charge >= 0.3 is 0 Å². The average Bonchev–Trinajstić information content (AvgIpc) is 2.82. The molecule has 3 aromatic rings. The number of hydrogen-bond acceptors (Lipinski definition) is 4. The van der Waals surface area contributed by atoms with Gasteiger partial charge < -0.3 is 10.1 Å². The van der Waals surface area contributed by atoms with Crippen molar-refractivity contribution in [3.8, 4) is 5.75 Å². The van der Waals surface area contributed by atoms with Crippen LogP contribution in [0.4, 0.5) is 5.69 Å². The Bertz CT molecular complexity index is 1190. The molecule has 0 aliphatic heterocycles. The highest BCUT2D eigenvalue weighted by atomic mass is 35.5. The summed E-state index contributed by atoms with van der Waals surface area (Å²) in [6, 6.07) is 20.0. The van der Waals surface area contributed by atoms with Gasteiger partial charge in [0.05, 0.1) is 17.7 Å². The van der Waals surface area contributed by atoms with E-state index in [-0.39, 0.29) is 16.3 Å². The van der Waals surface area contributed by atoms with Gasteiger partial charge in [0, 0.05) is 16.6 Å². The number of amides is 1. The number of methoxy groups -OCH3 is 1. The van der Waals surface area contributed by atoms with Crippen LogP contribution in [0.25, 0.3) is 0 Å². The Balaban J connectivity index is 1.76. The van der Waals surface area contributed by atoms with E-state index in [0.29, 0.717) is 23.0 Å². The number of carbonyl (C=O) groups is 1. The lowest BCUT2D eigenvalue weighted by atomic mass is 10.1. The molecule has 33 heavy (non-hydrogen) atoms. The molecule has 1 N–H and O–H groups in total. The molecule has 0 atom stereocenters. The minimum atomic E-state index is -4.05. The standard InChI is InChI=1S/C24H24Cl2N2O4S/c1-32-23-14-13-20(26)16-22(23)28(33(30,31)21-7-3-2-4-8-21)17-24(29)27-15-5-6-18-9-11-19(25)12-10-18/h2-4,7-14,16H,5-6,15,17H2,1H3,(H,27,29). The van der Waals surface area contributed by atoms with Gasteiger partial charge in [-0.15, -0.1) is 0 Å². The number of ether oxygens (including phenoxy) is 1. The number of sulfonamides is 1. The number of aryl methyl sites for hydroxylation is 1. The van der Waals surface area contributed by atoms with Crippen LogP contribution < -0.4 is 14.4 Å². The predicted octanol–water partition coefficient (Wildman–Crippen LogP) is 4.95. The van der Waals surface area contributed by atoms with Crippen molar-refractivity contribution >= 4 is 44.8 Å². The van der Waals surface area contributed by atoms with Crippen LogP contribution in [-0.4, -0.2) is 34.5 Å². The summed E-state index contributed by atoms with van der Waals surface area (Å²) in [5.41, 5.74) is 1.29. The summed E-state index contributed by atoms with van der Waals surface area (Å²) >= 11 is 12.0. The Kier molecular flexibility index (Phi) is 8.61. The van der Waals surface area contributed by atoms with E-state index in [1.54, 1.807) is 30.3 Å². The zero-order valence-corrected chi connectivity index (χ0v) is 20.3. The average molecular weight is 507 g/mol. The second kappa shape index (κ2) is 11.4. The fourth-order valence-corrected chi connectivity index (χ4v) is 4.97. The molecule has 0 aliphatic carbocycles. The lowest BCUT2D eigenvalue weighted by Crippen LogP contribution is -2.41. The maximum atomic E-state index is 13.4. The predicted molar refractivity (Wildman–Crippen MR) is 132 cm³/mol. The number of nitrogens with zero attached hydrogens (tertiary/aromatic N) is 1. The molecule has 0 bridgehead atoms. The molecular weight excluding hydrogens is 483 g/mol. The fourth-order valence-electron chi connectivity index (χ4n) is 3.24. The minimum Gasteiger partial charge on any atom is -0.495 e. The quantitative estimate of drug-likeness (QED) is 0.394. The highest BCUT2D eigenvalue weighted by molar-refractivity contribution is 7.92. The van der Waals surface area contributed by atoms with Crippen molar-refractivity contribution in [2.24, 2.45) is 0 Å². The Labute approximate surface area is 204 Å². The van der Waals surface area contributed by atoms with Crippen molar-refractivity contribution in [3.63, 3.8) is 0 Å². The molecule has 174 valence electrons. The number of rotatable bonds is 10.